The molecule has 29 heavy (non-hydrogen) atoms. The molecule has 0 saturated heterocycles. The highest BCUT2D eigenvalue weighted by Gasteiger charge is 2.18. The Morgan fingerprint density at radius 1 is 1.00 bits per heavy atom. The Kier molecular flexibility index (Phi) is 9.49. The van der Waals surface area contributed by atoms with Crippen molar-refractivity contribution in [2.45, 2.75) is 55.9 Å². The summed E-state index contributed by atoms with van der Waals surface area (Å²) >= 11 is 1.24. The Hall–Kier alpha value is -2.55. The number of carbonyl (C=O) groups is 4. The number of imide groups is 1. The maximum atomic E-state index is 12.3. The third-order valence-corrected chi connectivity index (χ3v) is 5.61. The molecular formula is C20H27N3O5S. The molecule has 4 amide bonds. The monoisotopic (exact) mass is 421 g/mol. The molecule has 1 aromatic carbocycles. The van der Waals surface area contributed by atoms with Gasteiger partial charge in [0.1, 0.15) is 0 Å². The fourth-order valence-electron chi connectivity index (χ4n) is 3.16. The summed E-state index contributed by atoms with van der Waals surface area (Å²) in [7, 11) is 0. The van der Waals surface area contributed by atoms with Crippen LogP contribution in [0.15, 0.2) is 29.2 Å². The van der Waals surface area contributed by atoms with Crippen LogP contribution >= 0.6 is 11.8 Å². The van der Waals surface area contributed by atoms with Crippen molar-refractivity contribution >= 4 is 35.6 Å². The smallest absolute Gasteiger partial charge is 0.339 e. The normalized spacial score (nSPS) is 14.9. The number of primary amides is 1. The van der Waals surface area contributed by atoms with Gasteiger partial charge in [0.2, 0.25) is 5.91 Å². The molecule has 0 radical (unpaired) electrons. The molecular weight excluding hydrogens is 394 g/mol. The van der Waals surface area contributed by atoms with Gasteiger partial charge in [-0.3, -0.25) is 14.9 Å². The number of esters is 1. The number of nitrogens with two attached hydrogens (primary N) is 1. The van der Waals surface area contributed by atoms with E-state index < -0.39 is 24.5 Å². The molecule has 1 aliphatic carbocycles. The Bertz CT molecular complexity index is 733. The van der Waals surface area contributed by atoms with Crippen LogP contribution in [-0.2, 0) is 14.3 Å². The van der Waals surface area contributed by atoms with E-state index in [-0.39, 0.29) is 23.3 Å². The van der Waals surface area contributed by atoms with Crippen molar-refractivity contribution in [3.8, 4) is 0 Å². The first-order valence-electron chi connectivity index (χ1n) is 9.73. The molecule has 1 aromatic rings. The zero-order valence-corrected chi connectivity index (χ0v) is 17.1. The van der Waals surface area contributed by atoms with Gasteiger partial charge in [0.15, 0.2) is 6.61 Å². The highest BCUT2D eigenvalue weighted by Crippen LogP contribution is 2.24. The van der Waals surface area contributed by atoms with Crippen molar-refractivity contribution in [3.05, 3.63) is 29.8 Å². The van der Waals surface area contributed by atoms with E-state index in [1.165, 1.54) is 31.0 Å². The highest BCUT2D eigenvalue weighted by molar-refractivity contribution is 8.00. The van der Waals surface area contributed by atoms with Crippen LogP contribution in [0.4, 0.5) is 4.79 Å². The molecule has 0 aliphatic heterocycles. The lowest BCUT2D eigenvalue weighted by Crippen LogP contribution is -2.37. The zero-order chi connectivity index (χ0) is 21.1. The minimum Gasteiger partial charge on any atom is -0.452 e. The molecule has 1 fully saturated rings. The second kappa shape index (κ2) is 12.1. The van der Waals surface area contributed by atoms with E-state index in [1.807, 2.05) is 5.32 Å². The van der Waals surface area contributed by atoms with Crippen LogP contribution < -0.4 is 16.4 Å². The second-order valence-electron chi connectivity index (χ2n) is 6.88. The summed E-state index contributed by atoms with van der Waals surface area (Å²) in [4.78, 5) is 47.2. The molecule has 0 atom stereocenters. The SMILES string of the molecule is NC(=O)NC(=O)COC(=O)c1ccccc1SCC(=O)NC1CCCCCCC1. The van der Waals surface area contributed by atoms with Crippen molar-refractivity contribution in [2.75, 3.05) is 12.4 Å². The van der Waals surface area contributed by atoms with E-state index in [2.05, 4.69) is 5.32 Å². The van der Waals surface area contributed by atoms with Gasteiger partial charge in [-0.2, -0.15) is 0 Å². The maximum Gasteiger partial charge on any atom is 0.339 e. The molecule has 8 nitrogen and oxygen atoms in total. The Morgan fingerprint density at radius 3 is 2.34 bits per heavy atom. The predicted molar refractivity (Wildman–Crippen MR) is 109 cm³/mol. The molecule has 1 saturated carbocycles. The largest absolute Gasteiger partial charge is 0.452 e. The molecule has 0 unspecified atom stereocenters. The first kappa shape index (κ1) is 22.7. The van der Waals surface area contributed by atoms with Crippen LogP contribution in [-0.4, -0.2) is 42.2 Å². The van der Waals surface area contributed by atoms with Crippen LogP contribution in [0.2, 0.25) is 0 Å². The lowest BCUT2D eigenvalue weighted by Gasteiger charge is -2.21. The summed E-state index contributed by atoms with van der Waals surface area (Å²) in [6.45, 7) is -0.622. The van der Waals surface area contributed by atoms with Gasteiger partial charge in [0, 0.05) is 10.9 Å². The molecule has 0 bridgehead atoms. The molecule has 2 rings (SSSR count). The average molecular weight is 422 g/mol. The maximum absolute atomic E-state index is 12.3. The lowest BCUT2D eigenvalue weighted by atomic mass is 9.97. The van der Waals surface area contributed by atoms with Gasteiger partial charge in [-0.25, -0.2) is 9.59 Å². The zero-order valence-electron chi connectivity index (χ0n) is 16.3. The first-order valence-corrected chi connectivity index (χ1v) is 10.7. The third kappa shape index (κ3) is 8.55. The van der Waals surface area contributed by atoms with Crippen LogP contribution in [0.3, 0.4) is 0 Å². The Balaban J connectivity index is 1.85. The molecule has 1 aliphatic rings. The van der Waals surface area contributed by atoms with Gasteiger partial charge in [0.25, 0.3) is 5.91 Å². The minimum absolute atomic E-state index is 0.0652. The van der Waals surface area contributed by atoms with Crippen molar-refractivity contribution < 1.29 is 23.9 Å². The summed E-state index contributed by atoms with van der Waals surface area (Å²) in [5.41, 5.74) is 5.09. The van der Waals surface area contributed by atoms with E-state index in [4.69, 9.17) is 10.5 Å². The third-order valence-electron chi connectivity index (χ3n) is 4.53. The van der Waals surface area contributed by atoms with Crippen LogP contribution in [0.25, 0.3) is 0 Å². The van der Waals surface area contributed by atoms with Gasteiger partial charge < -0.3 is 15.8 Å². The van der Waals surface area contributed by atoms with Gasteiger partial charge in [-0.05, 0) is 25.0 Å². The number of urea groups is 1. The number of carbonyl (C=O) groups excluding carboxylic acids is 4. The Morgan fingerprint density at radius 2 is 1.66 bits per heavy atom. The Labute approximate surface area is 174 Å². The van der Waals surface area contributed by atoms with E-state index in [0.29, 0.717) is 4.90 Å². The van der Waals surface area contributed by atoms with Gasteiger partial charge in [-0.1, -0.05) is 44.2 Å². The number of ether oxygens (including phenoxy) is 1. The molecule has 0 aromatic heterocycles. The second-order valence-corrected chi connectivity index (χ2v) is 7.90. The standard InChI is InChI=1S/C20H27N3O5S/c21-20(27)23-17(24)12-28-19(26)15-10-6-7-11-16(15)29-13-18(25)22-14-8-4-2-1-3-5-9-14/h6-7,10-11,14H,1-5,8-9,12-13H2,(H,22,25)(H3,21,23,24,27). The first-order chi connectivity index (χ1) is 14.0. The summed E-state index contributed by atoms with van der Waals surface area (Å²) in [5, 5.41) is 4.91. The number of hydrogen-bond donors (Lipinski definition) is 3. The van der Waals surface area contributed by atoms with Crippen LogP contribution in [0.1, 0.15) is 55.3 Å². The van der Waals surface area contributed by atoms with Gasteiger partial charge in [-0.15, -0.1) is 11.8 Å². The van der Waals surface area contributed by atoms with Gasteiger partial charge >= 0.3 is 12.0 Å². The average Bonchev–Trinajstić information content (AvgIpc) is 2.66. The summed E-state index contributed by atoms with van der Waals surface area (Å²) < 4.78 is 4.91. The van der Waals surface area contributed by atoms with E-state index in [1.54, 1.807) is 24.3 Å². The number of nitrogens with one attached hydrogen (secondary N) is 2. The molecule has 9 heteroatoms. The summed E-state index contributed by atoms with van der Waals surface area (Å²) in [6, 6.07) is 5.89. The van der Waals surface area contributed by atoms with Crippen molar-refractivity contribution in [2.24, 2.45) is 5.73 Å². The number of amides is 4. The summed E-state index contributed by atoms with van der Waals surface area (Å²) in [5.74, 6) is -1.41. The van der Waals surface area contributed by atoms with Crippen molar-refractivity contribution in [1.82, 2.24) is 10.6 Å². The molecule has 158 valence electrons. The topological polar surface area (TPSA) is 128 Å². The minimum atomic E-state index is -1.02. The fraction of sp³-hybridized carbons (Fsp3) is 0.500. The number of benzene rings is 1. The van der Waals surface area contributed by atoms with Crippen molar-refractivity contribution in [1.29, 1.82) is 0 Å². The van der Waals surface area contributed by atoms with Crippen LogP contribution in [0.5, 0.6) is 0 Å². The number of rotatable bonds is 7. The van der Waals surface area contributed by atoms with Gasteiger partial charge in [0.05, 0.1) is 11.3 Å². The summed E-state index contributed by atoms with van der Waals surface area (Å²) in [6.07, 6.45) is 7.99. The van der Waals surface area contributed by atoms with E-state index >= 15 is 0 Å². The molecule has 0 spiro atoms. The van der Waals surface area contributed by atoms with E-state index in [9.17, 15) is 19.2 Å². The van der Waals surface area contributed by atoms with E-state index in [0.717, 1.165) is 25.7 Å². The lowest BCUT2D eigenvalue weighted by molar-refractivity contribution is -0.123. The molecule has 0 heterocycles. The predicted octanol–water partition coefficient (Wildman–Crippen LogP) is 2.36. The quantitative estimate of drug-likeness (QED) is 0.458. The fourth-order valence-corrected chi connectivity index (χ4v) is 4.01. The van der Waals surface area contributed by atoms with Crippen molar-refractivity contribution in [3.63, 3.8) is 0 Å². The van der Waals surface area contributed by atoms with Crippen LogP contribution in [0, 0.1) is 0 Å². The highest BCUT2D eigenvalue weighted by atomic mass is 32.2. The molecule has 4 N–H and O–H groups in total. The number of hydrogen-bond acceptors (Lipinski definition) is 6. The number of thioether (sulfide) groups is 1.